The van der Waals surface area contributed by atoms with E-state index in [9.17, 15) is 0 Å². The van der Waals surface area contributed by atoms with E-state index in [1.54, 1.807) is 0 Å². The number of thioether (sulfide) groups is 1. The van der Waals surface area contributed by atoms with Crippen LogP contribution < -0.4 is 5.32 Å². The van der Waals surface area contributed by atoms with Crippen LogP contribution in [0.1, 0.15) is 32.6 Å². The van der Waals surface area contributed by atoms with Crippen molar-refractivity contribution in [3.05, 3.63) is 0 Å². The molecule has 0 aromatic carbocycles. The zero-order chi connectivity index (χ0) is 6.97. The fourth-order valence-corrected chi connectivity index (χ4v) is 3.54. The monoisotopic (exact) mass is 157 g/mol. The molecule has 0 aromatic heterocycles. The van der Waals surface area contributed by atoms with Crippen molar-refractivity contribution in [3.63, 3.8) is 0 Å². The second-order valence-corrected chi connectivity index (χ2v) is 4.96. The second kappa shape index (κ2) is 2.74. The number of rotatable bonds is 0. The zero-order valence-electron chi connectivity index (χ0n) is 6.47. The molecule has 2 fully saturated rings. The van der Waals surface area contributed by atoms with Gasteiger partial charge >= 0.3 is 0 Å². The Morgan fingerprint density at radius 1 is 1.30 bits per heavy atom. The predicted octanol–water partition coefficient (Wildman–Crippen LogP) is 1.98. The molecule has 3 atom stereocenters. The lowest BCUT2D eigenvalue weighted by Gasteiger charge is -2.23. The van der Waals surface area contributed by atoms with E-state index in [1.807, 2.05) is 0 Å². The largest absolute Gasteiger partial charge is 0.302 e. The standard InChI is InChI=1S/C8H15NS/c1-6-9-7-4-2-3-5-8(7)10-6/h6-9H,2-5H2,1H3/t6-,7?,8?/m0/s1. The van der Waals surface area contributed by atoms with E-state index in [-0.39, 0.29) is 0 Å². The number of fused-ring (bicyclic) bond motifs is 1. The Balaban J connectivity index is 1.97. The summed E-state index contributed by atoms with van der Waals surface area (Å²) in [5.41, 5.74) is 0. The van der Waals surface area contributed by atoms with Gasteiger partial charge in [0.25, 0.3) is 0 Å². The SMILES string of the molecule is C[C@H]1NC2CCCCC2S1. The molecule has 2 unspecified atom stereocenters. The highest BCUT2D eigenvalue weighted by Crippen LogP contribution is 2.36. The molecule has 1 saturated heterocycles. The average molecular weight is 157 g/mol. The van der Waals surface area contributed by atoms with Gasteiger partial charge < -0.3 is 5.32 Å². The van der Waals surface area contributed by atoms with E-state index in [0.717, 1.165) is 11.3 Å². The van der Waals surface area contributed by atoms with Crippen molar-refractivity contribution < 1.29 is 0 Å². The van der Waals surface area contributed by atoms with Crippen LogP contribution in [0.5, 0.6) is 0 Å². The molecule has 1 nitrogen and oxygen atoms in total. The molecule has 2 aliphatic rings. The van der Waals surface area contributed by atoms with Crippen LogP contribution >= 0.6 is 11.8 Å². The minimum atomic E-state index is 0.716. The van der Waals surface area contributed by atoms with Crippen molar-refractivity contribution in [1.29, 1.82) is 0 Å². The van der Waals surface area contributed by atoms with Gasteiger partial charge in [0.1, 0.15) is 0 Å². The van der Waals surface area contributed by atoms with Crippen molar-refractivity contribution in [2.24, 2.45) is 0 Å². The first-order chi connectivity index (χ1) is 4.86. The third-order valence-corrected chi connectivity index (χ3v) is 3.99. The van der Waals surface area contributed by atoms with E-state index in [0.29, 0.717) is 5.37 Å². The van der Waals surface area contributed by atoms with Crippen LogP contribution in [0.25, 0.3) is 0 Å². The zero-order valence-corrected chi connectivity index (χ0v) is 7.29. The Morgan fingerprint density at radius 2 is 2.10 bits per heavy atom. The van der Waals surface area contributed by atoms with Crippen LogP contribution in [0.3, 0.4) is 0 Å². The Labute approximate surface area is 67.0 Å². The van der Waals surface area contributed by atoms with E-state index < -0.39 is 0 Å². The number of hydrogen-bond donors (Lipinski definition) is 1. The fourth-order valence-electron chi connectivity index (χ4n) is 2.05. The quantitative estimate of drug-likeness (QED) is 0.577. The molecule has 0 aromatic rings. The predicted molar refractivity (Wildman–Crippen MR) is 46.2 cm³/mol. The topological polar surface area (TPSA) is 12.0 Å². The van der Waals surface area contributed by atoms with Crippen molar-refractivity contribution in [1.82, 2.24) is 5.32 Å². The van der Waals surface area contributed by atoms with Crippen LogP contribution in [0.4, 0.5) is 0 Å². The number of nitrogens with one attached hydrogen (secondary N) is 1. The Bertz CT molecular complexity index is 112. The lowest BCUT2D eigenvalue weighted by atomic mass is 9.95. The molecule has 58 valence electrons. The van der Waals surface area contributed by atoms with E-state index in [4.69, 9.17) is 0 Å². The molecule has 1 heterocycles. The Morgan fingerprint density at radius 3 is 2.90 bits per heavy atom. The third-order valence-electron chi connectivity index (χ3n) is 2.53. The first-order valence-electron chi connectivity index (χ1n) is 4.28. The minimum absolute atomic E-state index is 0.716. The molecule has 0 amide bonds. The molecule has 0 radical (unpaired) electrons. The van der Waals surface area contributed by atoms with Crippen molar-refractivity contribution in [2.75, 3.05) is 0 Å². The summed E-state index contributed by atoms with van der Waals surface area (Å²) in [5.74, 6) is 0. The van der Waals surface area contributed by atoms with Gasteiger partial charge in [-0.2, -0.15) is 0 Å². The summed E-state index contributed by atoms with van der Waals surface area (Å²) in [7, 11) is 0. The maximum absolute atomic E-state index is 3.62. The van der Waals surface area contributed by atoms with Gasteiger partial charge in [0.05, 0.1) is 5.37 Å². The molecule has 1 saturated carbocycles. The molecule has 2 heteroatoms. The molecular weight excluding hydrogens is 142 g/mol. The highest BCUT2D eigenvalue weighted by atomic mass is 32.2. The minimum Gasteiger partial charge on any atom is -0.302 e. The van der Waals surface area contributed by atoms with Crippen molar-refractivity contribution in [3.8, 4) is 0 Å². The van der Waals surface area contributed by atoms with Gasteiger partial charge in [-0.25, -0.2) is 0 Å². The van der Waals surface area contributed by atoms with Crippen LogP contribution in [-0.2, 0) is 0 Å². The first kappa shape index (κ1) is 6.99. The average Bonchev–Trinajstić information content (AvgIpc) is 2.27. The Hall–Kier alpha value is 0.310. The van der Waals surface area contributed by atoms with Gasteiger partial charge in [-0.15, -0.1) is 11.8 Å². The first-order valence-corrected chi connectivity index (χ1v) is 5.22. The summed E-state index contributed by atoms with van der Waals surface area (Å²) < 4.78 is 0. The molecule has 1 aliphatic heterocycles. The number of hydrogen-bond acceptors (Lipinski definition) is 2. The van der Waals surface area contributed by atoms with Crippen LogP contribution in [0, 0.1) is 0 Å². The summed E-state index contributed by atoms with van der Waals surface area (Å²) in [4.78, 5) is 0. The highest BCUT2D eigenvalue weighted by molar-refractivity contribution is 8.00. The van der Waals surface area contributed by atoms with Crippen molar-refractivity contribution >= 4 is 11.8 Å². The lowest BCUT2D eigenvalue weighted by Crippen LogP contribution is -2.34. The maximum Gasteiger partial charge on any atom is 0.0509 e. The van der Waals surface area contributed by atoms with Gasteiger partial charge in [-0.1, -0.05) is 12.8 Å². The summed E-state index contributed by atoms with van der Waals surface area (Å²) in [6, 6.07) is 0.855. The fraction of sp³-hybridized carbons (Fsp3) is 1.00. The van der Waals surface area contributed by atoms with Gasteiger partial charge in [-0.3, -0.25) is 0 Å². The molecule has 1 N–H and O–H groups in total. The summed E-state index contributed by atoms with van der Waals surface area (Å²) in [6.07, 6.45) is 5.78. The normalized spacial score (nSPS) is 47.1. The van der Waals surface area contributed by atoms with E-state index in [2.05, 4.69) is 24.0 Å². The molecule has 10 heavy (non-hydrogen) atoms. The van der Waals surface area contributed by atoms with E-state index in [1.165, 1.54) is 25.7 Å². The molecule has 2 rings (SSSR count). The van der Waals surface area contributed by atoms with Gasteiger partial charge in [0.2, 0.25) is 0 Å². The van der Waals surface area contributed by atoms with E-state index >= 15 is 0 Å². The smallest absolute Gasteiger partial charge is 0.0509 e. The molecule has 1 aliphatic carbocycles. The van der Waals surface area contributed by atoms with Gasteiger partial charge in [-0.05, 0) is 19.8 Å². The summed E-state index contributed by atoms with van der Waals surface area (Å²) in [6.45, 7) is 2.28. The highest BCUT2D eigenvalue weighted by Gasteiger charge is 2.33. The summed E-state index contributed by atoms with van der Waals surface area (Å²) in [5, 5.41) is 5.28. The Kier molecular flexibility index (Phi) is 1.92. The second-order valence-electron chi connectivity index (χ2n) is 3.37. The van der Waals surface area contributed by atoms with Crippen LogP contribution in [-0.4, -0.2) is 16.7 Å². The van der Waals surface area contributed by atoms with Crippen LogP contribution in [0.2, 0.25) is 0 Å². The molecular formula is C8H15NS. The third kappa shape index (κ3) is 1.19. The molecule has 0 spiro atoms. The van der Waals surface area contributed by atoms with Crippen LogP contribution in [0.15, 0.2) is 0 Å². The van der Waals surface area contributed by atoms with Gasteiger partial charge in [0.15, 0.2) is 0 Å². The lowest BCUT2D eigenvalue weighted by molar-refractivity contribution is 0.405. The summed E-state index contributed by atoms with van der Waals surface area (Å²) >= 11 is 2.14. The van der Waals surface area contributed by atoms with Crippen molar-refractivity contribution in [2.45, 2.75) is 49.3 Å². The van der Waals surface area contributed by atoms with Gasteiger partial charge in [0, 0.05) is 11.3 Å². The molecule has 0 bridgehead atoms. The maximum atomic E-state index is 3.62.